The van der Waals surface area contributed by atoms with Gasteiger partial charge in [0.1, 0.15) is 18.0 Å². The minimum absolute atomic E-state index is 0.437. The van der Waals surface area contributed by atoms with E-state index in [0.717, 1.165) is 33.9 Å². The van der Waals surface area contributed by atoms with Crippen LogP contribution in [-0.2, 0) is 6.61 Å². The second-order valence-corrected chi connectivity index (χ2v) is 4.91. The third kappa shape index (κ3) is 2.20. The lowest BCUT2D eigenvalue weighted by Crippen LogP contribution is -2.01. The number of aromatic nitrogens is 2. The number of pyridine rings is 1. The summed E-state index contributed by atoms with van der Waals surface area (Å²) in [5.41, 5.74) is 10.6. The number of fused-ring (bicyclic) bond motifs is 1. The van der Waals surface area contributed by atoms with Gasteiger partial charge in [0.15, 0.2) is 0 Å². The first-order chi connectivity index (χ1) is 9.65. The van der Waals surface area contributed by atoms with Gasteiger partial charge < -0.3 is 14.9 Å². The molecular weight excluding hydrogens is 250 g/mol. The molecule has 0 saturated heterocycles. The Bertz CT molecular complexity index is 729. The van der Waals surface area contributed by atoms with Crippen LogP contribution in [-0.4, -0.2) is 9.38 Å². The number of ether oxygens (including phenoxy) is 1. The predicted molar refractivity (Wildman–Crippen MR) is 79.9 cm³/mol. The zero-order valence-corrected chi connectivity index (χ0v) is 11.6. The zero-order valence-electron chi connectivity index (χ0n) is 11.6. The van der Waals surface area contributed by atoms with Crippen LogP contribution in [0.15, 0.2) is 42.7 Å². The summed E-state index contributed by atoms with van der Waals surface area (Å²) in [5.74, 6) is 0.849. The van der Waals surface area contributed by atoms with Gasteiger partial charge in [-0.25, -0.2) is 4.98 Å². The van der Waals surface area contributed by atoms with E-state index in [9.17, 15) is 0 Å². The number of nitrogen functional groups attached to an aromatic ring is 1. The zero-order chi connectivity index (χ0) is 14.1. The summed E-state index contributed by atoms with van der Waals surface area (Å²) in [6.45, 7) is 4.43. The van der Waals surface area contributed by atoms with Crippen LogP contribution < -0.4 is 10.5 Å². The van der Waals surface area contributed by atoms with Gasteiger partial charge in [-0.05, 0) is 37.6 Å². The van der Waals surface area contributed by atoms with Crippen LogP contribution >= 0.6 is 0 Å². The number of imidazole rings is 1. The van der Waals surface area contributed by atoms with Gasteiger partial charge in [0.05, 0.1) is 5.69 Å². The molecule has 0 spiro atoms. The molecule has 4 heteroatoms. The van der Waals surface area contributed by atoms with E-state index in [0.29, 0.717) is 6.61 Å². The van der Waals surface area contributed by atoms with Crippen LogP contribution in [0.1, 0.15) is 16.8 Å². The second-order valence-electron chi connectivity index (χ2n) is 4.91. The van der Waals surface area contributed by atoms with E-state index in [1.54, 1.807) is 0 Å². The molecule has 0 aliphatic heterocycles. The molecule has 3 aromatic rings. The molecule has 3 rings (SSSR count). The first kappa shape index (κ1) is 12.5. The topological polar surface area (TPSA) is 52.5 Å². The van der Waals surface area contributed by atoms with Crippen LogP contribution in [0.2, 0.25) is 0 Å². The molecule has 0 radical (unpaired) electrons. The highest BCUT2D eigenvalue weighted by atomic mass is 16.5. The lowest BCUT2D eigenvalue weighted by Gasteiger charge is -2.12. The fourth-order valence-electron chi connectivity index (χ4n) is 2.27. The molecule has 0 amide bonds. The minimum Gasteiger partial charge on any atom is -0.487 e. The molecule has 1 aromatic carbocycles. The quantitative estimate of drug-likeness (QED) is 0.742. The lowest BCUT2D eigenvalue weighted by atomic mass is 10.1. The van der Waals surface area contributed by atoms with Gasteiger partial charge in [-0.3, -0.25) is 0 Å². The molecule has 2 heterocycles. The van der Waals surface area contributed by atoms with Crippen molar-refractivity contribution in [2.75, 3.05) is 5.73 Å². The van der Waals surface area contributed by atoms with Crippen LogP contribution in [0.4, 0.5) is 5.69 Å². The molecule has 0 saturated carbocycles. The fourth-order valence-corrected chi connectivity index (χ4v) is 2.27. The maximum Gasteiger partial charge on any atom is 0.137 e. The van der Waals surface area contributed by atoms with Crippen LogP contribution in [0.5, 0.6) is 5.75 Å². The summed E-state index contributed by atoms with van der Waals surface area (Å²) < 4.78 is 7.89. The highest BCUT2D eigenvalue weighted by Gasteiger charge is 2.08. The summed E-state index contributed by atoms with van der Waals surface area (Å²) in [6.07, 6.45) is 3.95. The second kappa shape index (κ2) is 4.89. The maximum atomic E-state index is 5.92. The first-order valence-corrected chi connectivity index (χ1v) is 6.56. The van der Waals surface area contributed by atoms with Crippen LogP contribution in [0.3, 0.4) is 0 Å². The van der Waals surface area contributed by atoms with E-state index in [1.165, 1.54) is 0 Å². The van der Waals surface area contributed by atoms with Crippen LogP contribution in [0, 0.1) is 13.8 Å². The number of nitrogens with two attached hydrogens (primary N) is 1. The minimum atomic E-state index is 0.437. The first-order valence-electron chi connectivity index (χ1n) is 6.56. The molecule has 0 aliphatic carbocycles. The Kier molecular flexibility index (Phi) is 3.06. The summed E-state index contributed by atoms with van der Waals surface area (Å²) >= 11 is 0. The molecule has 20 heavy (non-hydrogen) atoms. The number of benzene rings is 1. The third-order valence-corrected chi connectivity index (χ3v) is 3.42. The molecule has 2 aromatic heterocycles. The Labute approximate surface area is 117 Å². The molecule has 0 unspecified atom stereocenters. The Morgan fingerprint density at radius 3 is 2.85 bits per heavy atom. The van der Waals surface area contributed by atoms with Crippen LogP contribution in [0.25, 0.3) is 5.65 Å². The third-order valence-electron chi connectivity index (χ3n) is 3.42. The Balaban J connectivity index is 1.84. The number of hydrogen-bond acceptors (Lipinski definition) is 3. The average molecular weight is 267 g/mol. The van der Waals surface area contributed by atoms with Crippen molar-refractivity contribution in [1.29, 1.82) is 0 Å². The van der Waals surface area contributed by atoms with E-state index in [2.05, 4.69) is 4.98 Å². The molecular formula is C16H17N3O. The summed E-state index contributed by atoms with van der Waals surface area (Å²) in [7, 11) is 0. The van der Waals surface area contributed by atoms with E-state index < -0.39 is 0 Å². The highest BCUT2D eigenvalue weighted by molar-refractivity contribution is 5.56. The molecule has 102 valence electrons. The molecule has 0 fully saturated rings. The SMILES string of the molecule is Cc1ccc(N)c(C)c1OCc1cn2ccccc2n1. The Hall–Kier alpha value is -2.49. The molecule has 0 bridgehead atoms. The Morgan fingerprint density at radius 2 is 2.05 bits per heavy atom. The van der Waals surface area contributed by atoms with Gasteiger partial charge in [0.2, 0.25) is 0 Å². The van der Waals surface area contributed by atoms with Crippen molar-refractivity contribution >= 4 is 11.3 Å². The smallest absolute Gasteiger partial charge is 0.137 e. The number of aryl methyl sites for hydroxylation is 1. The normalized spacial score (nSPS) is 10.9. The van der Waals surface area contributed by atoms with Crippen molar-refractivity contribution in [3.05, 3.63) is 59.5 Å². The van der Waals surface area contributed by atoms with E-state index in [-0.39, 0.29) is 0 Å². The largest absolute Gasteiger partial charge is 0.487 e. The Morgan fingerprint density at radius 1 is 1.20 bits per heavy atom. The monoisotopic (exact) mass is 267 g/mol. The molecule has 4 nitrogen and oxygen atoms in total. The molecule has 2 N–H and O–H groups in total. The molecule has 0 atom stereocenters. The van der Waals surface area contributed by atoms with Crippen molar-refractivity contribution < 1.29 is 4.74 Å². The fraction of sp³-hybridized carbons (Fsp3) is 0.188. The van der Waals surface area contributed by atoms with Crippen molar-refractivity contribution in [3.63, 3.8) is 0 Å². The van der Waals surface area contributed by atoms with Crippen molar-refractivity contribution in [3.8, 4) is 5.75 Å². The van der Waals surface area contributed by atoms with E-state index in [1.807, 2.05) is 61.0 Å². The highest BCUT2D eigenvalue weighted by Crippen LogP contribution is 2.28. The number of hydrogen-bond donors (Lipinski definition) is 1. The van der Waals surface area contributed by atoms with Crippen molar-refractivity contribution in [2.45, 2.75) is 20.5 Å². The van der Waals surface area contributed by atoms with Gasteiger partial charge in [0.25, 0.3) is 0 Å². The summed E-state index contributed by atoms with van der Waals surface area (Å²) in [6, 6.07) is 9.80. The summed E-state index contributed by atoms with van der Waals surface area (Å²) in [5, 5.41) is 0. The lowest BCUT2D eigenvalue weighted by molar-refractivity contribution is 0.298. The average Bonchev–Trinajstić information content (AvgIpc) is 2.86. The molecule has 0 aliphatic rings. The standard InChI is InChI=1S/C16H17N3O/c1-11-6-7-14(17)12(2)16(11)20-10-13-9-19-8-4-3-5-15(19)18-13/h3-9H,10,17H2,1-2H3. The van der Waals surface area contributed by atoms with Crippen molar-refractivity contribution in [2.24, 2.45) is 0 Å². The van der Waals surface area contributed by atoms with Gasteiger partial charge in [0, 0.05) is 23.6 Å². The van der Waals surface area contributed by atoms with Gasteiger partial charge >= 0.3 is 0 Å². The predicted octanol–water partition coefficient (Wildman–Crippen LogP) is 3.11. The van der Waals surface area contributed by atoms with Gasteiger partial charge in [-0.15, -0.1) is 0 Å². The maximum absolute atomic E-state index is 5.92. The number of anilines is 1. The van der Waals surface area contributed by atoms with Crippen molar-refractivity contribution in [1.82, 2.24) is 9.38 Å². The summed E-state index contributed by atoms with van der Waals surface area (Å²) in [4.78, 5) is 4.52. The number of nitrogens with zero attached hydrogens (tertiary/aromatic N) is 2. The van der Waals surface area contributed by atoms with E-state index >= 15 is 0 Å². The number of rotatable bonds is 3. The van der Waals surface area contributed by atoms with Gasteiger partial charge in [-0.1, -0.05) is 12.1 Å². The van der Waals surface area contributed by atoms with Gasteiger partial charge in [-0.2, -0.15) is 0 Å². The van der Waals surface area contributed by atoms with E-state index in [4.69, 9.17) is 10.5 Å².